The molecule has 0 bridgehead atoms. The molecule has 15 heavy (non-hydrogen) atoms. The van der Waals surface area contributed by atoms with Gasteiger partial charge < -0.3 is 10.2 Å². The van der Waals surface area contributed by atoms with Gasteiger partial charge in [0.05, 0.1) is 15.2 Å². The van der Waals surface area contributed by atoms with Crippen LogP contribution in [0.2, 0.25) is 5.02 Å². The topological polar surface area (TPSA) is 15.3 Å². The fourth-order valence-electron chi connectivity index (χ4n) is 1.89. The van der Waals surface area contributed by atoms with Crippen molar-refractivity contribution < 1.29 is 0 Å². The molecule has 82 valence electrons. The second-order valence-corrected chi connectivity index (χ2v) is 5.19. The minimum absolute atomic E-state index is 0.532. The van der Waals surface area contributed by atoms with Crippen LogP contribution >= 0.6 is 27.5 Å². The molecule has 2 rings (SSSR count). The Kier molecular flexibility index (Phi) is 3.54. The first kappa shape index (κ1) is 11.2. The monoisotopic (exact) mass is 288 g/mol. The first-order valence-corrected chi connectivity index (χ1v) is 6.23. The van der Waals surface area contributed by atoms with E-state index in [1.807, 2.05) is 18.2 Å². The van der Waals surface area contributed by atoms with Gasteiger partial charge in [-0.25, -0.2) is 0 Å². The lowest BCUT2D eigenvalue weighted by molar-refractivity contribution is 0.414. The number of likely N-dealkylation sites (N-methyl/N-ethyl adjacent to an activating group) is 1. The zero-order valence-corrected chi connectivity index (χ0v) is 11.0. The van der Waals surface area contributed by atoms with Gasteiger partial charge in [0, 0.05) is 12.6 Å². The average Bonchev–Trinajstić information content (AvgIpc) is 2.59. The maximum atomic E-state index is 6.03. The molecule has 1 saturated heterocycles. The average molecular weight is 290 g/mol. The zero-order chi connectivity index (χ0) is 10.8. The standard InChI is InChI=1S/C11H14BrClN2/c1-15-6-5-8(7-15)14-10-4-2-3-9(13)11(10)12/h2-4,8,14H,5-7H2,1H3. The van der Waals surface area contributed by atoms with E-state index in [9.17, 15) is 0 Å². The molecule has 1 aliphatic heterocycles. The van der Waals surface area contributed by atoms with Crippen LogP contribution < -0.4 is 5.32 Å². The Morgan fingerprint density at radius 1 is 1.53 bits per heavy atom. The number of halogens is 2. The summed E-state index contributed by atoms with van der Waals surface area (Å²) < 4.78 is 0.959. The largest absolute Gasteiger partial charge is 0.380 e. The smallest absolute Gasteiger partial charge is 0.0593 e. The van der Waals surface area contributed by atoms with Gasteiger partial charge in [-0.05, 0) is 48.1 Å². The third-order valence-electron chi connectivity index (χ3n) is 2.70. The molecule has 4 heteroatoms. The molecule has 1 unspecified atom stereocenters. The predicted octanol–water partition coefficient (Wildman–Crippen LogP) is 3.22. The number of likely N-dealkylation sites (tertiary alicyclic amines) is 1. The highest BCUT2D eigenvalue weighted by molar-refractivity contribution is 9.10. The van der Waals surface area contributed by atoms with Crippen molar-refractivity contribution in [2.24, 2.45) is 0 Å². The summed E-state index contributed by atoms with van der Waals surface area (Å²) in [5.74, 6) is 0. The molecule has 2 nitrogen and oxygen atoms in total. The summed E-state index contributed by atoms with van der Waals surface area (Å²) >= 11 is 9.53. The lowest BCUT2D eigenvalue weighted by Gasteiger charge is -2.15. The van der Waals surface area contributed by atoms with Crippen LogP contribution in [0.3, 0.4) is 0 Å². The van der Waals surface area contributed by atoms with Crippen LogP contribution in [0.15, 0.2) is 22.7 Å². The van der Waals surface area contributed by atoms with Gasteiger partial charge >= 0.3 is 0 Å². The van der Waals surface area contributed by atoms with Crippen molar-refractivity contribution in [1.82, 2.24) is 4.90 Å². The third kappa shape index (κ3) is 2.65. The first-order chi connectivity index (χ1) is 7.16. The van der Waals surface area contributed by atoms with Crippen molar-refractivity contribution in [3.63, 3.8) is 0 Å². The second kappa shape index (κ2) is 4.73. The Labute approximate surface area is 104 Å². The Morgan fingerprint density at radius 3 is 3.00 bits per heavy atom. The number of rotatable bonds is 2. The van der Waals surface area contributed by atoms with Gasteiger partial charge in [-0.1, -0.05) is 17.7 Å². The highest BCUT2D eigenvalue weighted by Crippen LogP contribution is 2.31. The van der Waals surface area contributed by atoms with Crippen LogP contribution in [0.25, 0.3) is 0 Å². The van der Waals surface area contributed by atoms with E-state index in [-0.39, 0.29) is 0 Å². The third-order valence-corrected chi connectivity index (χ3v) is 4.10. The Balaban J connectivity index is 2.07. The number of hydrogen-bond acceptors (Lipinski definition) is 2. The lowest BCUT2D eigenvalue weighted by atomic mass is 10.2. The van der Waals surface area contributed by atoms with E-state index in [0.29, 0.717) is 6.04 Å². The molecule has 0 saturated carbocycles. The van der Waals surface area contributed by atoms with Crippen LogP contribution in [0, 0.1) is 0 Å². The highest BCUT2D eigenvalue weighted by atomic mass is 79.9. The summed E-state index contributed by atoms with van der Waals surface area (Å²) in [5, 5.41) is 4.26. The van der Waals surface area contributed by atoms with Gasteiger partial charge in [0.1, 0.15) is 0 Å². The van der Waals surface area contributed by atoms with Crippen molar-refractivity contribution in [2.45, 2.75) is 12.5 Å². The van der Waals surface area contributed by atoms with Crippen LogP contribution in [0.1, 0.15) is 6.42 Å². The minimum Gasteiger partial charge on any atom is -0.380 e. The van der Waals surface area contributed by atoms with Crippen molar-refractivity contribution in [2.75, 3.05) is 25.5 Å². The predicted molar refractivity (Wildman–Crippen MR) is 68.7 cm³/mol. The zero-order valence-electron chi connectivity index (χ0n) is 8.63. The fraction of sp³-hybridized carbons (Fsp3) is 0.455. The van der Waals surface area contributed by atoms with Crippen molar-refractivity contribution >= 4 is 33.2 Å². The van der Waals surface area contributed by atoms with Crippen molar-refractivity contribution in [3.8, 4) is 0 Å². The van der Waals surface area contributed by atoms with Gasteiger partial charge in [-0.15, -0.1) is 0 Å². The lowest BCUT2D eigenvalue weighted by Crippen LogP contribution is -2.23. The highest BCUT2D eigenvalue weighted by Gasteiger charge is 2.19. The fourth-order valence-corrected chi connectivity index (χ4v) is 2.44. The van der Waals surface area contributed by atoms with E-state index in [4.69, 9.17) is 11.6 Å². The van der Waals surface area contributed by atoms with Gasteiger partial charge in [-0.3, -0.25) is 0 Å². The van der Waals surface area contributed by atoms with E-state index in [1.54, 1.807) is 0 Å². The Hall–Kier alpha value is -0.250. The van der Waals surface area contributed by atoms with E-state index < -0.39 is 0 Å². The number of anilines is 1. The molecule has 0 aliphatic carbocycles. The molecule has 1 heterocycles. The first-order valence-electron chi connectivity index (χ1n) is 5.06. The molecule has 0 amide bonds. The molecule has 1 aliphatic rings. The van der Waals surface area contributed by atoms with Crippen molar-refractivity contribution in [3.05, 3.63) is 27.7 Å². The van der Waals surface area contributed by atoms with Gasteiger partial charge in [0.25, 0.3) is 0 Å². The summed E-state index contributed by atoms with van der Waals surface area (Å²) in [4.78, 5) is 2.33. The molecule has 1 aromatic rings. The van der Waals surface area contributed by atoms with Gasteiger partial charge in [-0.2, -0.15) is 0 Å². The summed E-state index contributed by atoms with van der Waals surface area (Å²) in [6, 6.07) is 6.43. The molecule has 1 atom stereocenters. The number of nitrogens with zero attached hydrogens (tertiary/aromatic N) is 1. The Bertz CT molecular complexity index is 356. The summed E-state index contributed by atoms with van der Waals surface area (Å²) in [7, 11) is 2.15. The van der Waals surface area contributed by atoms with E-state index in [2.05, 4.69) is 33.2 Å². The summed E-state index contributed by atoms with van der Waals surface area (Å²) in [5.41, 5.74) is 1.09. The van der Waals surface area contributed by atoms with Crippen LogP contribution in [0.4, 0.5) is 5.69 Å². The van der Waals surface area contributed by atoms with Gasteiger partial charge in [0.2, 0.25) is 0 Å². The molecule has 1 aromatic carbocycles. The molecular formula is C11H14BrClN2. The number of benzene rings is 1. The summed E-state index contributed by atoms with van der Waals surface area (Å²) in [6.45, 7) is 2.26. The Morgan fingerprint density at radius 2 is 2.33 bits per heavy atom. The van der Waals surface area contributed by atoms with Crippen molar-refractivity contribution in [1.29, 1.82) is 0 Å². The van der Waals surface area contributed by atoms with Crippen LogP contribution in [-0.4, -0.2) is 31.1 Å². The summed E-state index contributed by atoms with van der Waals surface area (Å²) in [6.07, 6.45) is 1.19. The second-order valence-electron chi connectivity index (χ2n) is 3.99. The van der Waals surface area contributed by atoms with E-state index in [1.165, 1.54) is 6.42 Å². The molecule has 1 fully saturated rings. The van der Waals surface area contributed by atoms with Gasteiger partial charge in [0.15, 0.2) is 0 Å². The maximum absolute atomic E-state index is 6.03. The molecular weight excluding hydrogens is 275 g/mol. The number of nitrogens with one attached hydrogen (secondary N) is 1. The maximum Gasteiger partial charge on any atom is 0.0593 e. The van der Waals surface area contributed by atoms with Crippen LogP contribution in [0.5, 0.6) is 0 Å². The SMILES string of the molecule is CN1CCC(Nc2cccc(Cl)c2Br)C1. The number of hydrogen-bond donors (Lipinski definition) is 1. The quantitative estimate of drug-likeness (QED) is 0.899. The van der Waals surface area contributed by atoms with E-state index >= 15 is 0 Å². The van der Waals surface area contributed by atoms with E-state index in [0.717, 1.165) is 28.3 Å². The normalized spacial score (nSPS) is 21.9. The minimum atomic E-state index is 0.532. The molecule has 1 N–H and O–H groups in total. The molecule has 0 radical (unpaired) electrons. The molecule has 0 spiro atoms. The van der Waals surface area contributed by atoms with Crippen LogP contribution in [-0.2, 0) is 0 Å². The molecule has 0 aromatic heterocycles.